The lowest BCUT2D eigenvalue weighted by Crippen LogP contribution is -2.30. The lowest BCUT2D eigenvalue weighted by molar-refractivity contribution is 0.0936. The number of phenolic OH excluding ortho intramolecular Hbond substituents is 1. The van der Waals surface area contributed by atoms with Gasteiger partial charge in [0.05, 0.1) is 12.6 Å². The van der Waals surface area contributed by atoms with Gasteiger partial charge in [-0.05, 0) is 67.5 Å². The van der Waals surface area contributed by atoms with Crippen LogP contribution in [0.1, 0.15) is 28.8 Å². The molecule has 1 saturated carbocycles. The highest BCUT2D eigenvalue weighted by atomic mass is 19.1. The minimum absolute atomic E-state index is 0.0475. The van der Waals surface area contributed by atoms with Crippen molar-refractivity contribution in [1.29, 1.82) is 0 Å². The van der Waals surface area contributed by atoms with Crippen LogP contribution in [0.25, 0.3) is 0 Å². The summed E-state index contributed by atoms with van der Waals surface area (Å²) in [5.74, 6) is 1.31. The summed E-state index contributed by atoms with van der Waals surface area (Å²) in [5.41, 5.74) is 1.23. The molecule has 0 aromatic heterocycles. The second kappa shape index (κ2) is 7.31. The van der Waals surface area contributed by atoms with Gasteiger partial charge in [0.15, 0.2) is 17.3 Å². The van der Waals surface area contributed by atoms with E-state index in [1.807, 2.05) is 6.07 Å². The summed E-state index contributed by atoms with van der Waals surface area (Å²) < 4.78 is 20.1. The van der Waals surface area contributed by atoms with E-state index in [-0.39, 0.29) is 23.5 Å². The Bertz CT molecular complexity index is 822. The van der Waals surface area contributed by atoms with Gasteiger partial charge in [-0.3, -0.25) is 9.69 Å². The summed E-state index contributed by atoms with van der Waals surface area (Å²) in [7, 11) is 0. The number of carbonyl (C=O) groups excluding carboxylic acids is 1. The third-order valence-electron chi connectivity index (χ3n) is 5.79. The van der Waals surface area contributed by atoms with Crippen LogP contribution in [0.3, 0.4) is 0 Å². The van der Waals surface area contributed by atoms with Gasteiger partial charge >= 0.3 is 0 Å². The number of rotatable bonds is 5. The number of likely N-dealkylation sites (tertiary alicyclic amines) is 1. The first-order valence-electron chi connectivity index (χ1n) is 9.46. The maximum absolute atomic E-state index is 14.2. The largest absolute Gasteiger partial charge is 0.508 e. The Labute approximate surface area is 158 Å². The molecule has 0 radical (unpaired) electrons. The quantitative estimate of drug-likeness (QED) is 0.815. The molecular weight excluding hydrogens is 345 g/mol. The number of hydrogen-bond donors (Lipinski definition) is 1. The second-order valence-electron chi connectivity index (χ2n) is 7.78. The number of carbonyl (C=O) groups is 1. The van der Waals surface area contributed by atoms with Crippen LogP contribution in [-0.4, -0.2) is 41.5 Å². The van der Waals surface area contributed by atoms with E-state index in [1.165, 1.54) is 12.1 Å². The number of ether oxygens (including phenoxy) is 1. The van der Waals surface area contributed by atoms with Crippen molar-refractivity contribution in [1.82, 2.24) is 4.90 Å². The summed E-state index contributed by atoms with van der Waals surface area (Å²) in [6.45, 7) is 3.90. The van der Waals surface area contributed by atoms with Crippen LogP contribution in [0, 0.1) is 24.6 Å². The van der Waals surface area contributed by atoms with Crippen molar-refractivity contribution >= 4 is 5.78 Å². The number of halogens is 1. The van der Waals surface area contributed by atoms with Gasteiger partial charge < -0.3 is 9.84 Å². The predicted octanol–water partition coefficient (Wildman–Crippen LogP) is 3.81. The first-order chi connectivity index (χ1) is 13.0. The van der Waals surface area contributed by atoms with E-state index in [9.17, 15) is 14.3 Å². The number of aryl methyl sites for hydroxylation is 1. The molecule has 1 aliphatic carbocycles. The molecule has 1 aliphatic heterocycles. The standard InChI is InChI=1S/C22H24FNO3/c1-14-3-2-4-21(22(14)23)27-19-9-16-11-24(12-17(16)10-19)13-20(26)15-5-7-18(25)8-6-15/h2-8,16-17,19,25H,9-13H2,1H3/t16-,17+,19+. The number of ketones is 1. The van der Waals surface area contributed by atoms with Crippen molar-refractivity contribution in [2.24, 2.45) is 11.8 Å². The zero-order valence-corrected chi connectivity index (χ0v) is 15.4. The Morgan fingerprint density at radius 3 is 2.48 bits per heavy atom. The molecule has 2 aromatic carbocycles. The molecule has 0 spiro atoms. The SMILES string of the molecule is Cc1cccc(O[C@H]2C[C@@H]3CN(CC(=O)c4ccc(O)cc4)C[C@@H]3C2)c1F. The Morgan fingerprint density at radius 1 is 1.15 bits per heavy atom. The van der Waals surface area contributed by atoms with Crippen LogP contribution in [0.15, 0.2) is 42.5 Å². The van der Waals surface area contributed by atoms with Crippen molar-refractivity contribution < 1.29 is 19.0 Å². The summed E-state index contributed by atoms with van der Waals surface area (Å²) in [6, 6.07) is 11.7. The number of fused-ring (bicyclic) bond motifs is 1. The number of nitrogens with zero attached hydrogens (tertiary/aromatic N) is 1. The highest BCUT2D eigenvalue weighted by Gasteiger charge is 2.42. The fraction of sp³-hybridized carbons (Fsp3) is 0.409. The molecule has 5 heteroatoms. The zero-order chi connectivity index (χ0) is 19.0. The van der Waals surface area contributed by atoms with Gasteiger partial charge in [-0.15, -0.1) is 0 Å². The summed E-state index contributed by atoms with van der Waals surface area (Å²) in [5, 5.41) is 9.34. The molecule has 1 heterocycles. The first-order valence-corrected chi connectivity index (χ1v) is 9.46. The summed E-state index contributed by atoms with van der Waals surface area (Å²) in [4.78, 5) is 14.6. The Morgan fingerprint density at radius 2 is 1.81 bits per heavy atom. The zero-order valence-electron chi connectivity index (χ0n) is 15.4. The molecule has 4 nitrogen and oxygen atoms in total. The lowest BCUT2D eigenvalue weighted by Gasteiger charge is -2.19. The average molecular weight is 369 g/mol. The van der Waals surface area contributed by atoms with Gasteiger partial charge in [0.1, 0.15) is 5.75 Å². The molecule has 0 bridgehead atoms. The van der Waals surface area contributed by atoms with Crippen LogP contribution in [0.2, 0.25) is 0 Å². The fourth-order valence-corrected chi connectivity index (χ4v) is 4.40. The molecule has 2 aliphatic rings. The van der Waals surface area contributed by atoms with Gasteiger partial charge in [-0.25, -0.2) is 4.39 Å². The van der Waals surface area contributed by atoms with Gasteiger partial charge in [0.25, 0.3) is 0 Å². The first kappa shape index (κ1) is 18.0. The average Bonchev–Trinajstić information content (AvgIpc) is 3.17. The highest BCUT2D eigenvalue weighted by Crippen LogP contribution is 2.40. The molecule has 0 unspecified atom stereocenters. The minimum Gasteiger partial charge on any atom is -0.508 e. The maximum Gasteiger partial charge on any atom is 0.176 e. The van der Waals surface area contributed by atoms with Crippen molar-refractivity contribution in [3.05, 3.63) is 59.4 Å². The van der Waals surface area contributed by atoms with Crippen molar-refractivity contribution in [3.63, 3.8) is 0 Å². The highest BCUT2D eigenvalue weighted by molar-refractivity contribution is 5.97. The molecule has 2 fully saturated rings. The second-order valence-corrected chi connectivity index (χ2v) is 7.78. The molecule has 0 amide bonds. The summed E-state index contributed by atoms with van der Waals surface area (Å²) >= 11 is 0. The van der Waals surface area contributed by atoms with E-state index in [0.29, 0.717) is 35.3 Å². The smallest absolute Gasteiger partial charge is 0.176 e. The van der Waals surface area contributed by atoms with Crippen LogP contribution < -0.4 is 4.74 Å². The van der Waals surface area contributed by atoms with E-state index < -0.39 is 0 Å². The van der Waals surface area contributed by atoms with Crippen molar-refractivity contribution in [3.8, 4) is 11.5 Å². The molecule has 2 aromatic rings. The molecule has 1 saturated heterocycles. The number of hydrogen-bond acceptors (Lipinski definition) is 4. The Balaban J connectivity index is 1.31. The van der Waals surface area contributed by atoms with Gasteiger partial charge in [-0.1, -0.05) is 12.1 Å². The normalized spacial score (nSPS) is 24.7. The summed E-state index contributed by atoms with van der Waals surface area (Å²) in [6.07, 6.45) is 1.86. The Hall–Kier alpha value is -2.40. The lowest BCUT2D eigenvalue weighted by atomic mass is 10.0. The van der Waals surface area contributed by atoms with E-state index in [1.54, 1.807) is 31.2 Å². The van der Waals surface area contributed by atoms with Gasteiger partial charge in [0, 0.05) is 18.7 Å². The van der Waals surface area contributed by atoms with Crippen LogP contribution in [0.5, 0.6) is 11.5 Å². The third kappa shape index (κ3) is 3.83. The topological polar surface area (TPSA) is 49.8 Å². The molecule has 3 atom stereocenters. The third-order valence-corrected chi connectivity index (χ3v) is 5.79. The van der Waals surface area contributed by atoms with Crippen molar-refractivity contribution in [2.45, 2.75) is 25.9 Å². The Kier molecular flexibility index (Phi) is 4.87. The number of phenols is 1. The van der Waals surface area contributed by atoms with Crippen LogP contribution in [0.4, 0.5) is 4.39 Å². The maximum atomic E-state index is 14.2. The van der Waals surface area contributed by atoms with E-state index in [4.69, 9.17) is 4.74 Å². The molecule has 1 N–H and O–H groups in total. The number of benzene rings is 2. The number of Topliss-reactive ketones (excluding diaryl/α,β-unsaturated/α-hetero) is 1. The molecule has 4 rings (SSSR count). The number of aromatic hydroxyl groups is 1. The molecule has 27 heavy (non-hydrogen) atoms. The molecule has 142 valence electrons. The van der Waals surface area contributed by atoms with Crippen LogP contribution >= 0.6 is 0 Å². The van der Waals surface area contributed by atoms with E-state index in [2.05, 4.69) is 4.90 Å². The van der Waals surface area contributed by atoms with Crippen molar-refractivity contribution in [2.75, 3.05) is 19.6 Å². The minimum atomic E-state index is -0.268. The molecular formula is C22H24FNO3. The fourth-order valence-electron chi connectivity index (χ4n) is 4.40. The monoisotopic (exact) mass is 369 g/mol. The van der Waals surface area contributed by atoms with Crippen LogP contribution in [-0.2, 0) is 0 Å². The predicted molar refractivity (Wildman–Crippen MR) is 101 cm³/mol. The van der Waals surface area contributed by atoms with Gasteiger partial charge in [-0.2, -0.15) is 0 Å². The van der Waals surface area contributed by atoms with E-state index >= 15 is 0 Å². The van der Waals surface area contributed by atoms with Gasteiger partial charge in [0.2, 0.25) is 0 Å². The van der Waals surface area contributed by atoms with E-state index in [0.717, 1.165) is 25.9 Å².